The van der Waals surface area contributed by atoms with Crippen LogP contribution in [0.1, 0.15) is 106 Å². The van der Waals surface area contributed by atoms with Crippen LogP contribution in [0.5, 0.6) is 5.75 Å². The Hall–Kier alpha value is -3.24. The van der Waals surface area contributed by atoms with Crippen molar-refractivity contribution in [2.75, 3.05) is 40.9 Å². The molecule has 2 aliphatic heterocycles. The number of hydrogen-bond acceptors (Lipinski definition) is 7. The van der Waals surface area contributed by atoms with Crippen LogP contribution in [0.3, 0.4) is 0 Å². The fourth-order valence-corrected chi connectivity index (χ4v) is 7.17. The summed E-state index contributed by atoms with van der Waals surface area (Å²) in [5, 5.41) is 23.3. The topological polar surface area (TPSA) is 112 Å². The number of ether oxygens (including phenoxy) is 2. The van der Waals surface area contributed by atoms with E-state index in [1.165, 1.54) is 16.7 Å². The smallest absolute Gasteiger partial charge is 0.247 e. The highest BCUT2D eigenvalue weighted by Crippen LogP contribution is 2.39. The average molecular weight is 692 g/mol. The van der Waals surface area contributed by atoms with Gasteiger partial charge in [-0.2, -0.15) is 0 Å². The van der Waals surface area contributed by atoms with Crippen molar-refractivity contribution < 1.29 is 29.3 Å². The van der Waals surface area contributed by atoms with Crippen LogP contribution >= 0.6 is 0 Å². The van der Waals surface area contributed by atoms with Gasteiger partial charge in [-0.05, 0) is 114 Å². The zero-order valence-corrected chi connectivity index (χ0v) is 31.8. The molecular formula is C41H61N3O6. The summed E-state index contributed by atoms with van der Waals surface area (Å²) >= 11 is 0. The van der Waals surface area contributed by atoms with Crippen molar-refractivity contribution in [2.45, 2.75) is 116 Å². The highest BCUT2D eigenvalue weighted by Gasteiger charge is 2.38. The number of nitrogens with zero attached hydrogens (tertiary/aromatic N) is 2. The van der Waals surface area contributed by atoms with E-state index in [9.17, 15) is 19.8 Å². The Labute approximate surface area is 300 Å². The SMILES string of the molecule is CCCc1cc(OC)c([C@H]2C[C@@H](O)C[C@@H](CO)O2)cc1Cc1ccc(/C=C/C(C)(C)C(=O)NC(C)(C)C(=O)N2CCC(N(C)C)CC2)cc1C. The van der Waals surface area contributed by atoms with E-state index in [4.69, 9.17) is 9.47 Å². The van der Waals surface area contributed by atoms with E-state index in [1.54, 1.807) is 21.0 Å². The first-order chi connectivity index (χ1) is 23.6. The number of benzene rings is 2. The molecule has 3 N–H and O–H groups in total. The summed E-state index contributed by atoms with van der Waals surface area (Å²) in [4.78, 5) is 31.0. The zero-order valence-electron chi connectivity index (χ0n) is 31.8. The lowest BCUT2D eigenvalue weighted by Crippen LogP contribution is -2.59. The number of amides is 2. The number of rotatable bonds is 13. The molecule has 4 rings (SSSR count). The summed E-state index contributed by atoms with van der Waals surface area (Å²) < 4.78 is 12.0. The normalized spacial score (nSPS) is 20.8. The van der Waals surface area contributed by atoms with Crippen LogP contribution in [0, 0.1) is 12.3 Å². The molecule has 0 aromatic heterocycles. The van der Waals surface area contributed by atoms with E-state index in [2.05, 4.69) is 68.5 Å². The molecular weight excluding hydrogens is 630 g/mol. The van der Waals surface area contributed by atoms with Gasteiger partial charge < -0.3 is 34.8 Å². The molecule has 2 saturated heterocycles. The summed E-state index contributed by atoms with van der Waals surface area (Å²) in [6.45, 7) is 12.9. The van der Waals surface area contributed by atoms with Crippen LogP contribution < -0.4 is 10.1 Å². The standard InChI is InChI=1S/C41H61N3O6/c1-10-11-30-23-36(49-9)35(37-25-33(46)24-34(26-45)50-37)22-31(30)21-29-13-12-28(20-27(29)2)14-17-40(3,4)38(47)42-41(5,6)39(48)44-18-15-32(16-19-44)43(7)8/h12-14,17,20,22-23,32-34,37,45-46H,10-11,15-16,18-19,21,24-26H2,1-9H3,(H,42,47)/b17-14+/t33-,34-,37+/m0/s1. The molecule has 0 bridgehead atoms. The third-order valence-corrected chi connectivity index (χ3v) is 10.5. The zero-order chi connectivity index (χ0) is 36.8. The maximum absolute atomic E-state index is 13.5. The van der Waals surface area contributed by atoms with E-state index in [1.807, 2.05) is 30.9 Å². The van der Waals surface area contributed by atoms with Crippen molar-refractivity contribution in [3.05, 3.63) is 69.8 Å². The Morgan fingerprint density at radius 1 is 1.06 bits per heavy atom. The molecule has 0 saturated carbocycles. The van der Waals surface area contributed by atoms with Gasteiger partial charge in [-0.1, -0.05) is 43.7 Å². The van der Waals surface area contributed by atoms with Gasteiger partial charge >= 0.3 is 0 Å². The fourth-order valence-electron chi connectivity index (χ4n) is 7.17. The molecule has 276 valence electrons. The third kappa shape index (κ3) is 9.75. The second kappa shape index (κ2) is 16.9. The van der Waals surface area contributed by atoms with Crippen molar-refractivity contribution in [3.8, 4) is 5.75 Å². The Balaban J connectivity index is 1.47. The molecule has 3 atom stereocenters. The van der Waals surface area contributed by atoms with Crippen molar-refractivity contribution in [3.63, 3.8) is 0 Å². The number of aliphatic hydroxyl groups is 2. The highest BCUT2D eigenvalue weighted by atomic mass is 16.5. The molecule has 9 nitrogen and oxygen atoms in total. The van der Waals surface area contributed by atoms with Crippen LogP contribution in [-0.4, -0.2) is 96.5 Å². The predicted molar refractivity (Wildman–Crippen MR) is 199 cm³/mol. The molecule has 2 aliphatic rings. The molecule has 2 heterocycles. The van der Waals surface area contributed by atoms with E-state index in [0.29, 0.717) is 32.0 Å². The number of carbonyl (C=O) groups excluding carboxylic acids is 2. The van der Waals surface area contributed by atoms with E-state index >= 15 is 0 Å². The van der Waals surface area contributed by atoms with Crippen molar-refractivity contribution in [1.82, 2.24) is 15.1 Å². The van der Waals surface area contributed by atoms with E-state index in [0.717, 1.165) is 54.5 Å². The summed E-state index contributed by atoms with van der Waals surface area (Å²) in [6.07, 6.45) is 7.95. The number of methoxy groups -OCH3 is 1. The first-order valence-corrected chi connectivity index (χ1v) is 18.3. The summed E-state index contributed by atoms with van der Waals surface area (Å²) in [6, 6.07) is 11.1. The Kier molecular flexibility index (Phi) is 13.3. The minimum Gasteiger partial charge on any atom is -0.496 e. The van der Waals surface area contributed by atoms with Gasteiger partial charge in [0.1, 0.15) is 11.3 Å². The first kappa shape index (κ1) is 39.5. The minimum absolute atomic E-state index is 0.0432. The number of nitrogens with one attached hydrogen (secondary N) is 1. The van der Waals surface area contributed by atoms with Gasteiger partial charge in [0.15, 0.2) is 0 Å². The Morgan fingerprint density at radius 2 is 1.76 bits per heavy atom. The van der Waals surface area contributed by atoms with E-state index in [-0.39, 0.29) is 24.5 Å². The average Bonchev–Trinajstić information content (AvgIpc) is 3.08. The van der Waals surface area contributed by atoms with Gasteiger partial charge in [0.2, 0.25) is 11.8 Å². The van der Waals surface area contributed by atoms with Crippen molar-refractivity contribution in [1.29, 1.82) is 0 Å². The summed E-state index contributed by atoms with van der Waals surface area (Å²) in [7, 11) is 5.82. The quantitative estimate of drug-likeness (QED) is 0.251. The molecule has 0 unspecified atom stereocenters. The number of aliphatic hydroxyl groups excluding tert-OH is 2. The molecule has 2 fully saturated rings. The number of piperidine rings is 1. The minimum atomic E-state index is -1.01. The molecule has 2 amide bonds. The lowest BCUT2D eigenvalue weighted by Gasteiger charge is -2.39. The van der Waals surface area contributed by atoms with Gasteiger partial charge in [0, 0.05) is 37.5 Å². The van der Waals surface area contributed by atoms with Crippen LogP contribution in [0.15, 0.2) is 36.4 Å². The maximum atomic E-state index is 13.5. The fraction of sp³-hybridized carbons (Fsp3) is 0.610. The molecule has 0 spiro atoms. The van der Waals surface area contributed by atoms with Gasteiger partial charge in [-0.15, -0.1) is 0 Å². The molecule has 0 aliphatic carbocycles. The van der Waals surface area contributed by atoms with Crippen LogP contribution in [0.25, 0.3) is 6.08 Å². The molecule has 50 heavy (non-hydrogen) atoms. The number of carbonyl (C=O) groups is 2. The first-order valence-electron chi connectivity index (χ1n) is 18.3. The van der Waals surface area contributed by atoms with E-state index < -0.39 is 23.2 Å². The summed E-state index contributed by atoms with van der Waals surface area (Å²) in [5.74, 6) is 0.509. The highest BCUT2D eigenvalue weighted by molar-refractivity contribution is 5.93. The van der Waals surface area contributed by atoms with Crippen LogP contribution in [-0.2, 0) is 27.2 Å². The second-order valence-electron chi connectivity index (χ2n) is 15.7. The Morgan fingerprint density at radius 3 is 2.36 bits per heavy atom. The number of likely N-dealkylation sites (tertiary alicyclic amines) is 1. The van der Waals surface area contributed by atoms with Gasteiger partial charge in [0.25, 0.3) is 0 Å². The molecule has 9 heteroatoms. The van der Waals surface area contributed by atoms with Crippen molar-refractivity contribution >= 4 is 17.9 Å². The Bertz CT molecular complexity index is 1510. The van der Waals surface area contributed by atoms with Gasteiger partial charge in [-0.3, -0.25) is 9.59 Å². The second-order valence-corrected chi connectivity index (χ2v) is 15.7. The maximum Gasteiger partial charge on any atom is 0.247 e. The lowest BCUT2D eigenvalue weighted by atomic mass is 9.88. The third-order valence-electron chi connectivity index (χ3n) is 10.5. The molecule has 0 radical (unpaired) electrons. The predicted octanol–water partition coefficient (Wildman–Crippen LogP) is 5.61. The van der Waals surface area contributed by atoms with Crippen LogP contribution in [0.4, 0.5) is 0 Å². The number of aryl methyl sites for hydroxylation is 2. The molecule has 2 aromatic rings. The van der Waals surface area contributed by atoms with Gasteiger partial charge in [-0.25, -0.2) is 0 Å². The molecule has 2 aromatic carbocycles. The monoisotopic (exact) mass is 691 g/mol. The largest absolute Gasteiger partial charge is 0.496 e. The van der Waals surface area contributed by atoms with Gasteiger partial charge in [0.05, 0.1) is 37.4 Å². The lowest BCUT2D eigenvalue weighted by molar-refractivity contribution is -0.143. The summed E-state index contributed by atoms with van der Waals surface area (Å²) in [5.41, 5.74) is 4.80. The number of hydrogen-bond donors (Lipinski definition) is 3. The van der Waals surface area contributed by atoms with Crippen LogP contribution in [0.2, 0.25) is 0 Å². The van der Waals surface area contributed by atoms with Crippen molar-refractivity contribution in [2.24, 2.45) is 5.41 Å².